The molecule has 0 spiro atoms. The third-order valence-corrected chi connectivity index (χ3v) is 10.7. The summed E-state index contributed by atoms with van der Waals surface area (Å²) in [6.07, 6.45) is 0. The first-order valence-corrected chi connectivity index (χ1v) is 17.5. The average Bonchev–Trinajstić information content (AvgIpc) is 3.43. The van der Waals surface area contributed by atoms with Gasteiger partial charge in [0.25, 0.3) is 0 Å². The topological polar surface area (TPSA) is 38.7 Å². The normalized spacial score (nSPS) is 13.1. The van der Waals surface area contributed by atoms with Crippen LogP contribution < -0.4 is 0 Å². The molecule has 10 rings (SSSR count). The highest BCUT2D eigenvalue weighted by Crippen LogP contribution is 2.50. The molecule has 1 aliphatic rings. The van der Waals surface area contributed by atoms with Crippen molar-refractivity contribution in [1.29, 1.82) is 0 Å². The summed E-state index contributed by atoms with van der Waals surface area (Å²) in [5.74, 6) is 1.97. The van der Waals surface area contributed by atoms with E-state index in [1.165, 1.54) is 60.3 Å². The SMILES string of the molecule is CC1(C)c2ccccc2-c2cc(-c3ccc4c5ccccc5c5cccc(-c6nc(-c7ccccc7)nc(-c7ccccc7)n6)c5c4c3)ccc21. The molecule has 3 nitrogen and oxygen atoms in total. The van der Waals surface area contributed by atoms with Crippen LogP contribution in [0.1, 0.15) is 25.0 Å². The van der Waals surface area contributed by atoms with Crippen molar-refractivity contribution in [3.63, 3.8) is 0 Å². The van der Waals surface area contributed by atoms with Crippen LogP contribution >= 0.6 is 0 Å². The van der Waals surface area contributed by atoms with Gasteiger partial charge in [-0.05, 0) is 72.4 Å². The summed E-state index contributed by atoms with van der Waals surface area (Å²) in [6, 6.07) is 58.4. The number of nitrogens with zero attached hydrogens (tertiary/aromatic N) is 3. The molecule has 0 bridgehead atoms. The Morgan fingerprint density at radius 3 is 1.57 bits per heavy atom. The van der Waals surface area contributed by atoms with Crippen LogP contribution in [0.25, 0.3) is 88.7 Å². The van der Waals surface area contributed by atoms with Gasteiger partial charge in [0.2, 0.25) is 0 Å². The molecule has 9 aromatic rings. The van der Waals surface area contributed by atoms with Gasteiger partial charge in [-0.2, -0.15) is 0 Å². The minimum Gasteiger partial charge on any atom is -0.208 e. The van der Waals surface area contributed by atoms with Gasteiger partial charge in [-0.3, -0.25) is 0 Å². The van der Waals surface area contributed by atoms with Crippen molar-refractivity contribution in [2.75, 3.05) is 0 Å². The van der Waals surface area contributed by atoms with Crippen molar-refractivity contribution in [2.24, 2.45) is 0 Å². The molecule has 3 heteroatoms. The maximum absolute atomic E-state index is 5.17. The summed E-state index contributed by atoms with van der Waals surface area (Å²) < 4.78 is 0. The summed E-state index contributed by atoms with van der Waals surface area (Å²) in [7, 11) is 0. The second kappa shape index (κ2) is 11.3. The Hall–Kier alpha value is -6.45. The Balaban J connectivity index is 1.25. The second-order valence-electron chi connectivity index (χ2n) is 14.0. The maximum Gasteiger partial charge on any atom is 0.164 e. The van der Waals surface area contributed by atoms with Crippen LogP contribution in [-0.2, 0) is 5.41 Å². The molecule has 0 saturated heterocycles. The minimum absolute atomic E-state index is 0.0282. The molecule has 1 heterocycles. The number of aromatic nitrogens is 3. The summed E-state index contributed by atoms with van der Waals surface area (Å²) >= 11 is 0. The van der Waals surface area contributed by atoms with E-state index in [1.54, 1.807) is 0 Å². The lowest BCUT2D eigenvalue weighted by Crippen LogP contribution is -2.14. The molecule has 0 aliphatic heterocycles. The lowest BCUT2D eigenvalue weighted by Gasteiger charge is -2.21. The predicted molar refractivity (Wildman–Crippen MR) is 212 cm³/mol. The van der Waals surface area contributed by atoms with E-state index in [1.807, 2.05) is 36.4 Å². The van der Waals surface area contributed by atoms with E-state index in [-0.39, 0.29) is 5.41 Å². The van der Waals surface area contributed by atoms with E-state index in [9.17, 15) is 0 Å². The van der Waals surface area contributed by atoms with Gasteiger partial charge in [0.05, 0.1) is 0 Å². The largest absolute Gasteiger partial charge is 0.208 e. The molecule has 0 fully saturated rings. The smallest absolute Gasteiger partial charge is 0.164 e. The molecule has 0 amide bonds. The zero-order valence-electron chi connectivity index (χ0n) is 28.4. The molecule has 0 unspecified atom stereocenters. The Bertz CT molecular complexity index is 2760. The Morgan fingerprint density at radius 2 is 0.843 bits per heavy atom. The molecule has 0 N–H and O–H groups in total. The first kappa shape index (κ1) is 29.5. The Labute approximate surface area is 297 Å². The first-order chi connectivity index (χ1) is 25.0. The first-order valence-electron chi connectivity index (χ1n) is 17.5. The van der Waals surface area contributed by atoms with Gasteiger partial charge in [-0.25, -0.2) is 15.0 Å². The van der Waals surface area contributed by atoms with Gasteiger partial charge >= 0.3 is 0 Å². The van der Waals surface area contributed by atoms with Crippen LogP contribution in [0.15, 0.2) is 164 Å². The van der Waals surface area contributed by atoms with E-state index in [0.29, 0.717) is 17.5 Å². The molecule has 240 valence electrons. The number of fused-ring (bicyclic) bond motifs is 9. The van der Waals surface area contributed by atoms with E-state index < -0.39 is 0 Å². The fraction of sp³-hybridized carbons (Fsp3) is 0.0625. The zero-order chi connectivity index (χ0) is 34.1. The van der Waals surface area contributed by atoms with Crippen LogP contribution in [-0.4, -0.2) is 15.0 Å². The number of hydrogen-bond acceptors (Lipinski definition) is 3. The van der Waals surface area contributed by atoms with Crippen molar-refractivity contribution in [3.05, 3.63) is 175 Å². The maximum atomic E-state index is 5.17. The van der Waals surface area contributed by atoms with Crippen molar-refractivity contribution < 1.29 is 0 Å². The fourth-order valence-corrected chi connectivity index (χ4v) is 8.20. The molecule has 1 aliphatic carbocycles. The molecule has 0 saturated carbocycles. The van der Waals surface area contributed by atoms with E-state index in [4.69, 9.17) is 15.0 Å². The standard InChI is InChI=1S/C48H33N3/c1-48(2)42-23-12-11-20-37(42)40-28-33(25-27-43(40)48)32-24-26-36-34-18-9-10-19-35(34)38-21-13-22-39(44(38)41(36)29-32)47-50-45(30-14-5-3-6-15-30)49-46(51-47)31-16-7-4-8-17-31/h3-29H,1-2H3. The fourth-order valence-electron chi connectivity index (χ4n) is 8.20. The lowest BCUT2D eigenvalue weighted by atomic mass is 9.82. The van der Waals surface area contributed by atoms with Crippen LogP contribution in [0.4, 0.5) is 0 Å². The number of rotatable bonds is 4. The molecular formula is C48H33N3. The van der Waals surface area contributed by atoms with Gasteiger partial charge in [-0.1, -0.05) is 166 Å². The molecule has 0 radical (unpaired) electrons. The van der Waals surface area contributed by atoms with E-state index in [2.05, 4.69) is 141 Å². The summed E-state index contributed by atoms with van der Waals surface area (Å²) in [5.41, 5.74) is 10.7. The van der Waals surface area contributed by atoms with Gasteiger partial charge in [0.1, 0.15) is 0 Å². The van der Waals surface area contributed by atoms with Crippen LogP contribution in [0.5, 0.6) is 0 Å². The van der Waals surface area contributed by atoms with E-state index >= 15 is 0 Å². The molecule has 0 atom stereocenters. The number of hydrogen-bond donors (Lipinski definition) is 0. The van der Waals surface area contributed by atoms with Gasteiger partial charge in [0.15, 0.2) is 17.5 Å². The van der Waals surface area contributed by atoms with E-state index in [0.717, 1.165) is 22.1 Å². The monoisotopic (exact) mass is 651 g/mol. The summed E-state index contributed by atoms with van der Waals surface area (Å²) in [5, 5.41) is 7.17. The van der Waals surface area contributed by atoms with Crippen molar-refractivity contribution >= 4 is 32.3 Å². The third kappa shape index (κ3) is 4.62. The average molecular weight is 652 g/mol. The highest BCUT2D eigenvalue weighted by Gasteiger charge is 2.35. The van der Waals surface area contributed by atoms with Gasteiger partial charge in [0, 0.05) is 27.5 Å². The quantitative estimate of drug-likeness (QED) is 0.178. The van der Waals surface area contributed by atoms with Crippen molar-refractivity contribution in [3.8, 4) is 56.4 Å². The highest BCUT2D eigenvalue weighted by atomic mass is 15.0. The molecule has 1 aromatic heterocycles. The van der Waals surface area contributed by atoms with Crippen molar-refractivity contribution in [1.82, 2.24) is 15.0 Å². The summed E-state index contributed by atoms with van der Waals surface area (Å²) in [6.45, 7) is 4.67. The minimum atomic E-state index is -0.0282. The Kier molecular flexibility index (Phi) is 6.53. The van der Waals surface area contributed by atoms with Crippen LogP contribution in [0.3, 0.4) is 0 Å². The number of benzene rings is 8. The molecule has 8 aromatic carbocycles. The highest BCUT2D eigenvalue weighted by molar-refractivity contribution is 6.28. The summed E-state index contributed by atoms with van der Waals surface area (Å²) in [4.78, 5) is 15.3. The Morgan fingerprint density at radius 1 is 0.333 bits per heavy atom. The van der Waals surface area contributed by atoms with Gasteiger partial charge in [-0.15, -0.1) is 0 Å². The third-order valence-electron chi connectivity index (χ3n) is 10.7. The zero-order valence-corrected chi connectivity index (χ0v) is 28.4. The predicted octanol–water partition coefficient (Wildman–Crippen LogP) is 12.3. The second-order valence-corrected chi connectivity index (χ2v) is 14.0. The lowest BCUT2D eigenvalue weighted by molar-refractivity contribution is 0.660. The molecular weight excluding hydrogens is 619 g/mol. The van der Waals surface area contributed by atoms with Crippen LogP contribution in [0, 0.1) is 0 Å². The van der Waals surface area contributed by atoms with Gasteiger partial charge < -0.3 is 0 Å². The van der Waals surface area contributed by atoms with Crippen LogP contribution in [0.2, 0.25) is 0 Å². The molecule has 51 heavy (non-hydrogen) atoms. The van der Waals surface area contributed by atoms with Crippen molar-refractivity contribution in [2.45, 2.75) is 19.3 Å².